The first-order chi connectivity index (χ1) is 18.7. The number of allylic oxidation sites excluding steroid dienone is 1. The fourth-order valence-electron chi connectivity index (χ4n) is 3.81. The molecule has 2 aromatic carbocycles. The predicted molar refractivity (Wildman–Crippen MR) is 154 cm³/mol. The third-order valence-corrected chi connectivity index (χ3v) is 6.18. The van der Waals surface area contributed by atoms with Crippen molar-refractivity contribution in [2.75, 3.05) is 0 Å². The number of rotatable bonds is 4. The molecule has 38 heavy (non-hydrogen) atoms. The van der Waals surface area contributed by atoms with E-state index in [-0.39, 0.29) is 32.2 Å². The van der Waals surface area contributed by atoms with Crippen molar-refractivity contribution in [3.63, 3.8) is 0 Å². The molecular formula is C34H32IrN2O-2. The second kappa shape index (κ2) is 13.3. The quantitative estimate of drug-likeness (QED) is 0.188. The van der Waals surface area contributed by atoms with E-state index in [0.29, 0.717) is 22.6 Å². The van der Waals surface area contributed by atoms with Gasteiger partial charge < -0.3 is 14.4 Å². The summed E-state index contributed by atoms with van der Waals surface area (Å²) in [6.07, 6.45) is 8.45. The molecule has 3 heterocycles. The van der Waals surface area contributed by atoms with Crippen molar-refractivity contribution in [1.82, 2.24) is 9.97 Å². The van der Waals surface area contributed by atoms with Crippen LogP contribution < -0.4 is 10.6 Å². The Hall–Kier alpha value is -3.59. The summed E-state index contributed by atoms with van der Waals surface area (Å²) in [6, 6.07) is 21.2. The van der Waals surface area contributed by atoms with Gasteiger partial charge in [-0.1, -0.05) is 74.7 Å². The van der Waals surface area contributed by atoms with Crippen molar-refractivity contribution in [3.05, 3.63) is 125 Å². The molecule has 3 nitrogen and oxygen atoms in total. The molecule has 0 aliphatic heterocycles. The minimum Gasteiger partial charge on any atom is -0.477 e. The van der Waals surface area contributed by atoms with E-state index in [4.69, 9.17) is 7.16 Å². The van der Waals surface area contributed by atoms with E-state index >= 15 is 0 Å². The average Bonchev–Trinajstić information content (AvgIpc) is 3.29. The van der Waals surface area contributed by atoms with Crippen LogP contribution >= 0.6 is 0 Å². The summed E-state index contributed by atoms with van der Waals surface area (Å²) in [4.78, 5) is 8.58. The van der Waals surface area contributed by atoms with Gasteiger partial charge in [0.1, 0.15) is 5.58 Å². The van der Waals surface area contributed by atoms with Crippen LogP contribution in [-0.2, 0) is 20.1 Å². The molecular weight excluding hydrogens is 645 g/mol. The van der Waals surface area contributed by atoms with Gasteiger partial charge in [0.2, 0.25) is 0 Å². The Labute approximate surface area is 241 Å². The number of furan rings is 1. The summed E-state index contributed by atoms with van der Waals surface area (Å²) in [6.45, 7) is 14.4. The standard InChI is InChI=1S/C18H14NO.C16H18N.Ir/c1-3-14-15-8-4-5-10-17(15)20-18(14)12-13(2)16-9-6-7-11-19-16;1-11(2)14-5-7-15(8-6-14)16-9-12(3)13(4)10-17-16;/h3-11H,2H2,1H3;5-7,9-11H,1-4H3;/q2*-1;/b14-3+;;/i6D,9D;;. The van der Waals surface area contributed by atoms with Gasteiger partial charge in [-0.2, -0.15) is 6.58 Å². The van der Waals surface area contributed by atoms with Gasteiger partial charge in [0, 0.05) is 32.5 Å². The van der Waals surface area contributed by atoms with E-state index in [1.165, 1.54) is 29.0 Å². The Kier molecular flexibility index (Phi) is 9.10. The van der Waals surface area contributed by atoms with E-state index in [0.717, 1.165) is 27.4 Å². The van der Waals surface area contributed by atoms with Crippen molar-refractivity contribution in [3.8, 4) is 11.3 Å². The monoisotopic (exact) mass is 679 g/mol. The van der Waals surface area contributed by atoms with E-state index < -0.39 is 0 Å². The molecule has 0 bridgehead atoms. The number of hydrogen-bond donors (Lipinski definition) is 0. The number of hydrogen-bond acceptors (Lipinski definition) is 3. The maximum absolute atomic E-state index is 7.91. The molecule has 0 amide bonds. The average molecular weight is 679 g/mol. The molecule has 4 heteroatoms. The summed E-state index contributed by atoms with van der Waals surface area (Å²) in [5, 5.41) is 1.94. The van der Waals surface area contributed by atoms with Crippen LogP contribution in [0.2, 0.25) is 0 Å². The van der Waals surface area contributed by atoms with Crippen LogP contribution in [0.3, 0.4) is 0 Å². The van der Waals surface area contributed by atoms with E-state index in [1.54, 1.807) is 0 Å². The molecule has 3 aromatic heterocycles. The van der Waals surface area contributed by atoms with Crippen LogP contribution in [0.1, 0.15) is 51.8 Å². The number of pyridine rings is 2. The Morgan fingerprint density at radius 3 is 2.58 bits per heavy atom. The molecule has 0 fully saturated rings. The maximum Gasteiger partial charge on any atom is 0.123 e. The summed E-state index contributed by atoms with van der Waals surface area (Å²) >= 11 is 0. The predicted octanol–water partition coefficient (Wildman–Crippen LogP) is 7.29. The molecule has 1 radical (unpaired) electrons. The minimum absolute atomic E-state index is 0. The van der Waals surface area contributed by atoms with Crippen molar-refractivity contribution >= 4 is 28.7 Å². The second-order valence-corrected chi connectivity index (χ2v) is 9.14. The zero-order valence-corrected chi connectivity index (χ0v) is 24.7. The van der Waals surface area contributed by atoms with Crippen LogP contribution in [0.4, 0.5) is 0 Å². The van der Waals surface area contributed by atoms with Gasteiger partial charge in [0.05, 0.1) is 8.16 Å². The third-order valence-electron chi connectivity index (χ3n) is 6.18. The summed E-state index contributed by atoms with van der Waals surface area (Å²) in [5.74, 6) is 0.549. The molecule has 5 aromatic rings. The minimum atomic E-state index is 0. The van der Waals surface area contributed by atoms with Crippen LogP contribution in [-0.4, -0.2) is 9.97 Å². The Balaban J connectivity index is 0.000000222. The summed E-state index contributed by atoms with van der Waals surface area (Å²) < 4.78 is 21.4. The van der Waals surface area contributed by atoms with Crippen LogP contribution in [0, 0.1) is 19.9 Å². The zero-order chi connectivity index (χ0) is 28.1. The first kappa shape index (κ1) is 26.0. The van der Waals surface area contributed by atoms with Crippen LogP contribution in [0.25, 0.3) is 40.0 Å². The van der Waals surface area contributed by atoms with Gasteiger partial charge in [0.15, 0.2) is 0 Å². The smallest absolute Gasteiger partial charge is 0.123 e. The fourth-order valence-corrected chi connectivity index (χ4v) is 3.81. The molecule has 0 spiro atoms. The van der Waals surface area contributed by atoms with Crippen molar-refractivity contribution < 1.29 is 27.3 Å². The first-order valence-corrected chi connectivity index (χ1v) is 12.3. The number of para-hydroxylation sites is 1. The third kappa shape index (κ3) is 6.83. The van der Waals surface area contributed by atoms with Crippen molar-refractivity contribution in [1.29, 1.82) is 0 Å². The fraction of sp³-hybridized carbons (Fsp3) is 0.176. The number of aryl methyl sites for hydroxylation is 2. The van der Waals surface area contributed by atoms with Crippen LogP contribution in [0.15, 0.2) is 90.1 Å². The molecule has 5 rings (SSSR count). The van der Waals surface area contributed by atoms with E-state index in [2.05, 4.69) is 80.6 Å². The second-order valence-electron chi connectivity index (χ2n) is 9.14. The van der Waals surface area contributed by atoms with Crippen molar-refractivity contribution in [2.24, 2.45) is 0 Å². The van der Waals surface area contributed by atoms with E-state index in [1.807, 2.05) is 43.5 Å². The van der Waals surface area contributed by atoms with Gasteiger partial charge in [-0.15, -0.1) is 47.0 Å². The summed E-state index contributed by atoms with van der Waals surface area (Å²) in [5.41, 5.74) is 8.00. The zero-order valence-electron chi connectivity index (χ0n) is 24.3. The number of fused-ring (bicyclic) bond motifs is 1. The van der Waals surface area contributed by atoms with Gasteiger partial charge >= 0.3 is 0 Å². The largest absolute Gasteiger partial charge is 0.477 e. The molecule has 0 unspecified atom stereocenters. The van der Waals surface area contributed by atoms with Gasteiger partial charge in [-0.3, -0.25) is 0 Å². The molecule has 0 saturated heterocycles. The van der Waals surface area contributed by atoms with Gasteiger partial charge in [-0.05, 0) is 53.5 Å². The van der Waals surface area contributed by atoms with Crippen molar-refractivity contribution in [2.45, 2.75) is 40.5 Å². The number of benzene rings is 2. The normalized spacial score (nSPS) is 12.5. The topological polar surface area (TPSA) is 38.9 Å². The summed E-state index contributed by atoms with van der Waals surface area (Å²) in [7, 11) is 0. The molecule has 0 N–H and O–H groups in total. The first-order valence-electron chi connectivity index (χ1n) is 13.3. The molecule has 0 aliphatic carbocycles. The molecule has 0 aliphatic rings. The van der Waals surface area contributed by atoms with Crippen LogP contribution in [0.5, 0.6) is 0 Å². The van der Waals surface area contributed by atoms with Gasteiger partial charge in [-0.25, -0.2) is 0 Å². The number of nitrogens with zero attached hydrogens (tertiary/aromatic N) is 2. The molecule has 0 saturated carbocycles. The molecule has 0 atom stereocenters. The Morgan fingerprint density at radius 2 is 1.89 bits per heavy atom. The van der Waals surface area contributed by atoms with E-state index in [9.17, 15) is 0 Å². The maximum atomic E-state index is 7.91. The van der Waals surface area contributed by atoms with Gasteiger partial charge in [0.25, 0.3) is 0 Å². The number of aromatic nitrogens is 2. The Morgan fingerprint density at radius 1 is 1.11 bits per heavy atom. The SMILES string of the molecule is Cc1cnc(-c2[c-]cc(C(C)C)cc2)cc1C.[2H]c1ccnc(C(=C)[C-]=c2oc3ccccc3/c2=C\C)c1[2H].[Ir]. The molecule has 195 valence electrons. The Bertz CT molecular complexity index is 1760.